The molecule has 0 radical (unpaired) electrons. The van der Waals surface area contributed by atoms with Gasteiger partial charge in [-0.05, 0) is 24.6 Å². The molecule has 0 aliphatic carbocycles. The standard InChI is InChI=1S/C22H34N6O.HI/c1-4-27-10-12-28(13-11-27)16-18(2)14-24-22(23-3)25-15-20-17-29-21(26-20)19-8-6-5-7-9-19;/h5-9,17-18H,4,10-16H2,1-3H3,(H2,23,24,25);1H. The summed E-state index contributed by atoms with van der Waals surface area (Å²) < 4.78 is 5.59. The van der Waals surface area contributed by atoms with E-state index in [1.54, 1.807) is 13.3 Å². The summed E-state index contributed by atoms with van der Waals surface area (Å²) in [6, 6.07) is 9.93. The SMILES string of the molecule is CCN1CCN(CC(C)CNC(=NC)NCc2coc(-c3ccccc3)n2)CC1.I. The Morgan fingerprint density at radius 3 is 2.50 bits per heavy atom. The number of halogens is 1. The summed E-state index contributed by atoms with van der Waals surface area (Å²) in [4.78, 5) is 14.0. The molecule has 1 aromatic heterocycles. The molecule has 2 heterocycles. The highest BCUT2D eigenvalue weighted by Gasteiger charge is 2.17. The summed E-state index contributed by atoms with van der Waals surface area (Å²) in [5.41, 5.74) is 1.84. The van der Waals surface area contributed by atoms with Crippen molar-refractivity contribution >= 4 is 29.9 Å². The molecule has 166 valence electrons. The minimum absolute atomic E-state index is 0. The number of aromatic nitrogens is 1. The lowest BCUT2D eigenvalue weighted by molar-refractivity contribution is 0.124. The number of oxazole rings is 1. The molecule has 30 heavy (non-hydrogen) atoms. The zero-order chi connectivity index (χ0) is 20.5. The third kappa shape index (κ3) is 7.55. The molecule has 1 atom stereocenters. The summed E-state index contributed by atoms with van der Waals surface area (Å²) in [6.07, 6.45) is 1.70. The number of hydrogen-bond acceptors (Lipinski definition) is 5. The van der Waals surface area contributed by atoms with Crippen LogP contribution in [0.15, 0.2) is 46.0 Å². The minimum atomic E-state index is 0. The Bertz CT molecular complexity index is 758. The van der Waals surface area contributed by atoms with E-state index in [0.29, 0.717) is 18.4 Å². The molecule has 1 unspecified atom stereocenters. The van der Waals surface area contributed by atoms with Gasteiger partial charge in [-0.15, -0.1) is 24.0 Å². The van der Waals surface area contributed by atoms with Crippen LogP contribution in [0, 0.1) is 5.92 Å². The van der Waals surface area contributed by atoms with E-state index in [1.165, 1.54) is 26.2 Å². The van der Waals surface area contributed by atoms with Crippen molar-refractivity contribution < 1.29 is 4.42 Å². The molecule has 0 saturated carbocycles. The summed E-state index contributed by atoms with van der Waals surface area (Å²) in [6.45, 7) is 13.0. The second kappa shape index (κ2) is 12.9. The molecule has 0 spiro atoms. The lowest BCUT2D eigenvalue weighted by Crippen LogP contribution is -2.48. The van der Waals surface area contributed by atoms with Crippen LogP contribution in [-0.2, 0) is 6.54 Å². The van der Waals surface area contributed by atoms with Crippen LogP contribution in [0.25, 0.3) is 11.5 Å². The van der Waals surface area contributed by atoms with E-state index in [1.807, 2.05) is 30.3 Å². The van der Waals surface area contributed by atoms with Gasteiger partial charge in [-0.25, -0.2) is 4.98 Å². The average Bonchev–Trinajstić information content (AvgIpc) is 3.24. The predicted molar refractivity (Wildman–Crippen MR) is 133 cm³/mol. The minimum Gasteiger partial charge on any atom is -0.444 e. The van der Waals surface area contributed by atoms with Crippen molar-refractivity contribution in [3.05, 3.63) is 42.3 Å². The molecule has 7 nitrogen and oxygen atoms in total. The summed E-state index contributed by atoms with van der Waals surface area (Å²) in [5, 5.41) is 6.75. The first-order valence-electron chi connectivity index (χ1n) is 10.6. The molecule has 0 bridgehead atoms. The van der Waals surface area contributed by atoms with Gasteiger partial charge in [0, 0.05) is 51.9 Å². The van der Waals surface area contributed by atoms with Crippen molar-refractivity contribution in [2.24, 2.45) is 10.9 Å². The van der Waals surface area contributed by atoms with E-state index in [0.717, 1.165) is 36.9 Å². The fraction of sp³-hybridized carbons (Fsp3) is 0.545. The third-order valence-corrected chi connectivity index (χ3v) is 5.33. The van der Waals surface area contributed by atoms with Crippen molar-refractivity contribution in [2.45, 2.75) is 20.4 Å². The first-order chi connectivity index (χ1) is 14.2. The number of hydrogen-bond donors (Lipinski definition) is 2. The molecule has 2 aromatic rings. The Balaban J connectivity index is 0.00000320. The molecule has 1 aromatic carbocycles. The van der Waals surface area contributed by atoms with Crippen LogP contribution in [0.4, 0.5) is 0 Å². The molecule has 3 rings (SSSR count). The normalized spacial score (nSPS) is 16.7. The molecular formula is C22H35IN6O. The maximum Gasteiger partial charge on any atom is 0.226 e. The molecule has 1 fully saturated rings. The number of guanidine groups is 1. The Labute approximate surface area is 197 Å². The highest BCUT2D eigenvalue weighted by Crippen LogP contribution is 2.17. The van der Waals surface area contributed by atoms with Crippen LogP contribution in [0.2, 0.25) is 0 Å². The Kier molecular flexibility index (Phi) is 10.6. The van der Waals surface area contributed by atoms with Crippen molar-refractivity contribution in [2.75, 3.05) is 52.9 Å². The third-order valence-electron chi connectivity index (χ3n) is 5.33. The number of likely N-dealkylation sites (N-methyl/N-ethyl adjacent to an activating group) is 1. The van der Waals surface area contributed by atoms with Gasteiger partial charge in [0.15, 0.2) is 5.96 Å². The van der Waals surface area contributed by atoms with Crippen LogP contribution in [-0.4, -0.2) is 73.6 Å². The van der Waals surface area contributed by atoms with Gasteiger partial charge in [-0.2, -0.15) is 0 Å². The molecular weight excluding hydrogens is 491 g/mol. The van der Waals surface area contributed by atoms with Gasteiger partial charge in [0.2, 0.25) is 5.89 Å². The van der Waals surface area contributed by atoms with Crippen molar-refractivity contribution in [1.82, 2.24) is 25.4 Å². The molecule has 1 aliphatic heterocycles. The van der Waals surface area contributed by atoms with Crippen LogP contribution < -0.4 is 10.6 Å². The molecule has 1 aliphatic rings. The first-order valence-corrected chi connectivity index (χ1v) is 10.6. The number of nitrogens with one attached hydrogen (secondary N) is 2. The lowest BCUT2D eigenvalue weighted by atomic mass is 10.1. The van der Waals surface area contributed by atoms with E-state index in [9.17, 15) is 0 Å². The maximum atomic E-state index is 5.59. The number of benzene rings is 1. The number of rotatable bonds is 8. The van der Waals surface area contributed by atoms with Gasteiger partial charge in [0.25, 0.3) is 0 Å². The van der Waals surface area contributed by atoms with Gasteiger partial charge in [-0.1, -0.05) is 32.0 Å². The first kappa shape index (κ1) is 24.6. The van der Waals surface area contributed by atoms with Gasteiger partial charge >= 0.3 is 0 Å². The van der Waals surface area contributed by atoms with Gasteiger partial charge in [0.05, 0.1) is 12.2 Å². The highest BCUT2D eigenvalue weighted by molar-refractivity contribution is 14.0. The van der Waals surface area contributed by atoms with Crippen molar-refractivity contribution in [1.29, 1.82) is 0 Å². The van der Waals surface area contributed by atoms with E-state index in [2.05, 4.69) is 44.3 Å². The van der Waals surface area contributed by atoms with Crippen LogP contribution in [0.5, 0.6) is 0 Å². The second-order valence-electron chi connectivity index (χ2n) is 7.66. The van der Waals surface area contributed by atoms with Gasteiger partial charge < -0.3 is 24.9 Å². The molecule has 8 heteroatoms. The summed E-state index contributed by atoms with van der Waals surface area (Å²) >= 11 is 0. The number of piperazine rings is 1. The molecule has 0 amide bonds. The summed E-state index contributed by atoms with van der Waals surface area (Å²) in [7, 11) is 1.79. The Morgan fingerprint density at radius 2 is 1.83 bits per heavy atom. The smallest absolute Gasteiger partial charge is 0.226 e. The number of aliphatic imine (C=N–C) groups is 1. The monoisotopic (exact) mass is 526 g/mol. The average molecular weight is 526 g/mol. The van der Waals surface area contributed by atoms with E-state index < -0.39 is 0 Å². The maximum absolute atomic E-state index is 5.59. The van der Waals surface area contributed by atoms with Crippen molar-refractivity contribution in [3.8, 4) is 11.5 Å². The fourth-order valence-electron chi connectivity index (χ4n) is 3.56. The van der Waals surface area contributed by atoms with E-state index >= 15 is 0 Å². The Hall–Kier alpha value is -1.65. The zero-order valence-electron chi connectivity index (χ0n) is 18.3. The van der Waals surface area contributed by atoms with Crippen LogP contribution in [0.1, 0.15) is 19.5 Å². The fourth-order valence-corrected chi connectivity index (χ4v) is 3.56. The van der Waals surface area contributed by atoms with Gasteiger partial charge in [0.1, 0.15) is 6.26 Å². The van der Waals surface area contributed by atoms with Gasteiger partial charge in [-0.3, -0.25) is 4.99 Å². The Morgan fingerprint density at radius 1 is 1.13 bits per heavy atom. The van der Waals surface area contributed by atoms with E-state index in [-0.39, 0.29) is 24.0 Å². The van der Waals surface area contributed by atoms with Crippen LogP contribution >= 0.6 is 24.0 Å². The molecule has 2 N–H and O–H groups in total. The van der Waals surface area contributed by atoms with Crippen molar-refractivity contribution in [3.63, 3.8) is 0 Å². The summed E-state index contributed by atoms with van der Waals surface area (Å²) in [5.74, 6) is 1.98. The largest absolute Gasteiger partial charge is 0.444 e. The lowest BCUT2D eigenvalue weighted by Gasteiger charge is -2.35. The topological polar surface area (TPSA) is 68.9 Å². The zero-order valence-corrected chi connectivity index (χ0v) is 20.6. The van der Waals surface area contributed by atoms with E-state index in [4.69, 9.17) is 4.42 Å². The molecule has 1 saturated heterocycles. The quantitative estimate of drug-likeness (QED) is 0.313. The number of nitrogens with zero attached hydrogens (tertiary/aromatic N) is 4. The highest BCUT2D eigenvalue weighted by atomic mass is 127. The second-order valence-corrected chi connectivity index (χ2v) is 7.66. The van der Waals surface area contributed by atoms with Crippen LogP contribution in [0.3, 0.4) is 0 Å². The predicted octanol–water partition coefficient (Wildman–Crippen LogP) is 2.90.